The van der Waals surface area contributed by atoms with Crippen LogP contribution in [0.3, 0.4) is 0 Å². The number of tetrazole rings is 1. The largest absolute Gasteiger partial charge is 0.490 e. The van der Waals surface area contributed by atoms with Gasteiger partial charge in [0.25, 0.3) is 0 Å². The first-order valence-corrected chi connectivity index (χ1v) is 9.56. The second-order valence-electron chi connectivity index (χ2n) is 5.60. The number of nitrogens with zero attached hydrogens (tertiary/aromatic N) is 4. The number of rotatable bonds is 11. The summed E-state index contributed by atoms with van der Waals surface area (Å²) in [7, 11) is 0. The lowest BCUT2D eigenvalue weighted by Gasteiger charge is -2.15. The van der Waals surface area contributed by atoms with E-state index in [0.717, 1.165) is 47.3 Å². The van der Waals surface area contributed by atoms with Crippen molar-refractivity contribution < 1.29 is 9.47 Å². The molecule has 25 heavy (non-hydrogen) atoms. The normalized spacial score (nSPS) is 10.7. The summed E-state index contributed by atoms with van der Waals surface area (Å²) in [5.41, 5.74) is 1.05. The van der Waals surface area contributed by atoms with E-state index in [1.807, 2.05) is 19.1 Å². The first-order chi connectivity index (χ1) is 12.2. The van der Waals surface area contributed by atoms with Crippen LogP contribution >= 0.6 is 15.9 Å². The fourth-order valence-electron chi connectivity index (χ4n) is 2.27. The van der Waals surface area contributed by atoms with Crippen LogP contribution in [-0.4, -0.2) is 33.4 Å². The zero-order valence-electron chi connectivity index (χ0n) is 15.1. The minimum Gasteiger partial charge on any atom is -0.490 e. The Labute approximate surface area is 157 Å². The molecule has 2 aromatic rings. The molecule has 1 aromatic heterocycles. The highest BCUT2D eigenvalue weighted by Crippen LogP contribution is 2.34. The van der Waals surface area contributed by atoms with E-state index in [4.69, 9.17) is 9.47 Å². The summed E-state index contributed by atoms with van der Waals surface area (Å²) < 4.78 is 14.3. The first kappa shape index (κ1) is 19.5. The monoisotopic (exact) mass is 411 g/mol. The number of ether oxygens (including phenoxy) is 2. The van der Waals surface area contributed by atoms with Crippen LogP contribution < -0.4 is 14.8 Å². The van der Waals surface area contributed by atoms with Crippen molar-refractivity contribution >= 4 is 21.9 Å². The molecule has 1 aromatic carbocycles. The quantitative estimate of drug-likeness (QED) is 0.601. The van der Waals surface area contributed by atoms with Crippen LogP contribution in [-0.2, 0) is 13.1 Å². The summed E-state index contributed by atoms with van der Waals surface area (Å²) in [6.45, 7) is 8.83. The van der Waals surface area contributed by atoms with Crippen molar-refractivity contribution in [2.75, 3.05) is 18.5 Å². The average Bonchev–Trinajstić information content (AvgIpc) is 3.06. The highest BCUT2D eigenvalue weighted by molar-refractivity contribution is 9.10. The number of unbranched alkanes of at least 4 members (excludes halogenated alkanes) is 1. The highest BCUT2D eigenvalue weighted by atomic mass is 79.9. The van der Waals surface area contributed by atoms with Crippen LogP contribution in [0.5, 0.6) is 11.5 Å². The van der Waals surface area contributed by atoms with Gasteiger partial charge in [-0.1, -0.05) is 41.3 Å². The maximum Gasteiger partial charge on any atom is 0.243 e. The standard InChI is InChI=1S/C17H26BrN5O2/c1-4-7-8-23-17(20-21-22-23)19-12-13-10-15(24-6-3)16(11-14(13)18)25-9-5-2/h10-11H,4-9,12H2,1-3H3,(H,19,20,22). The molecule has 0 radical (unpaired) electrons. The van der Waals surface area contributed by atoms with Crippen molar-refractivity contribution in [3.63, 3.8) is 0 Å². The second-order valence-corrected chi connectivity index (χ2v) is 6.46. The maximum absolute atomic E-state index is 5.78. The predicted octanol–water partition coefficient (Wildman–Crippen LogP) is 4.04. The van der Waals surface area contributed by atoms with Gasteiger partial charge in [-0.25, -0.2) is 4.68 Å². The van der Waals surface area contributed by atoms with E-state index >= 15 is 0 Å². The van der Waals surface area contributed by atoms with Gasteiger partial charge < -0.3 is 14.8 Å². The molecule has 138 valence electrons. The van der Waals surface area contributed by atoms with Gasteiger partial charge in [0.1, 0.15) is 0 Å². The van der Waals surface area contributed by atoms with Gasteiger partial charge >= 0.3 is 0 Å². The molecule has 0 atom stereocenters. The molecule has 1 N–H and O–H groups in total. The van der Waals surface area contributed by atoms with Gasteiger partial charge in [-0.05, 0) is 47.9 Å². The van der Waals surface area contributed by atoms with Crippen molar-refractivity contribution in [3.05, 3.63) is 22.2 Å². The number of nitrogens with one attached hydrogen (secondary N) is 1. The average molecular weight is 412 g/mol. The van der Waals surface area contributed by atoms with Crippen LogP contribution in [0.2, 0.25) is 0 Å². The molecule has 0 bridgehead atoms. The molecule has 7 nitrogen and oxygen atoms in total. The lowest BCUT2D eigenvalue weighted by Crippen LogP contribution is -2.10. The fraction of sp³-hybridized carbons (Fsp3) is 0.588. The molecule has 1 heterocycles. The van der Waals surface area contributed by atoms with Gasteiger partial charge in [-0.15, -0.1) is 0 Å². The zero-order chi connectivity index (χ0) is 18.1. The minimum atomic E-state index is 0.585. The molecule has 0 amide bonds. The molecule has 0 saturated heterocycles. The third-order valence-corrected chi connectivity index (χ3v) is 4.30. The third-order valence-electron chi connectivity index (χ3n) is 3.57. The zero-order valence-corrected chi connectivity index (χ0v) is 16.7. The third kappa shape index (κ3) is 5.59. The Morgan fingerprint density at radius 1 is 1.12 bits per heavy atom. The van der Waals surface area contributed by atoms with E-state index in [2.05, 4.69) is 50.6 Å². The Morgan fingerprint density at radius 2 is 1.92 bits per heavy atom. The van der Waals surface area contributed by atoms with Crippen LogP contribution in [0.25, 0.3) is 0 Å². The van der Waals surface area contributed by atoms with Crippen molar-refractivity contribution in [2.45, 2.75) is 53.1 Å². The maximum atomic E-state index is 5.78. The van der Waals surface area contributed by atoms with Crippen molar-refractivity contribution in [1.29, 1.82) is 0 Å². The molecule has 0 aliphatic heterocycles. The summed E-state index contributed by atoms with van der Waals surface area (Å²) in [6, 6.07) is 3.95. The van der Waals surface area contributed by atoms with E-state index in [1.54, 1.807) is 4.68 Å². The Morgan fingerprint density at radius 3 is 2.64 bits per heavy atom. The number of hydrogen-bond donors (Lipinski definition) is 1. The van der Waals surface area contributed by atoms with Gasteiger partial charge in [-0.2, -0.15) is 0 Å². The van der Waals surface area contributed by atoms with Crippen LogP contribution in [0.1, 0.15) is 45.6 Å². The summed E-state index contributed by atoms with van der Waals surface area (Å²) in [4.78, 5) is 0. The number of halogens is 1. The highest BCUT2D eigenvalue weighted by Gasteiger charge is 2.12. The van der Waals surface area contributed by atoms with Crippen LogP contribution in [0.15, 0.2) is 16.6 Å². The van der Waals surface area contributed by atoms with Crippen molar-refractivity contribution in [1.82, 2.24) is 20.2 Å². The lowest BCUT2D eigenvalue weighted by molar-refractivity contribution is 0.276. The molecule has 0 fully saturated rings. The minimum absolute atomic E-state index is 0.585. The number of benzene rings is 1. The van der Waals surface area contributed by atoms with E-state index in [9.17, 15) is 0 Å². The number of aromatic nitrogens is 4. The topological polar surface area (TPSA) is 74.1 Å². The van der Waals surface area contributed by atoms with E-state index in [0.29, 0.717) is 25.7 Å². The molecular formula is C17H26BrN5O2. The van der Waals surface area contributed by atoms with E-state index < -0.39 is 0 Å². The SMILES string of the molecule is CCCCn1nnnc1NCc1cc(OCC)c(OCCC)cc1Br. The van der Waals surface area contributed by atoms with Crippen LogP contribution in [0, 0.1) is 0 Å². The molecular weight excluding hydrogens is 386 g/mol. The summed E-state index contributed by atoms with van der Waals surface area (Å²) >= 11 is 3.62. The number of hydrogen-bond acceptors (Lipinski definition) is 6. The number of aryl methyl sites for hydroxylation is 1. The van der Waals surface area contributed by atoms with E-state index in [1.165, 1.54) is 0 Å². The Hall–Kier alpha value is -1.83. The van der Waals surface area contributed by atoms with Gasteiger partial charge in [0.15, 0.2) is 11.5 Å². The van der Waals surface area contributed by atoms with Crippen LogP contribution in [0.4, 0.5) is 5.95 Å². The predicted molar refractivity (Wildman–Crippen MR) is 101 cm³/mol. The summed E-state index contributed by atoms with van der Waals surface area (Å²) in [5, 5.41) is 15.1. The lowest BCUT2D eigenvalue weighted by atomic mass is 10.2. The molecule has 0 aliphatic rings. The smallest absolute Gasteiger partial charge is 0.243 e. The van der Waals surface area contributed by atoms with Gasteiger partial charge in [-0.3, -0.25) is 0 Å². The molecule has 8 heteroatoms. The Balaban J connectivity index is 2.11. The van der Waals surface area contributed by atoms with Crippen molar-refractivity contribution in [3.8, 4) is 11.5 Å². The Kier molecular flexibility index (Phi) is 7.97. The summed E-state index contributed by atoms with van der Waals surface area (Å²) in [5.74, 6) is 2.18. The molecule has 0 saturated carbocycles. The van der Waals surface area contributed by atoms with E-state index in [-0.39, 0.29) is 0 Å². The van der Waals surface area contributed by atoms with Gasteiger partial charge in [0, 0.05) is 17.6 Å². The number of anilines is 1. The fourth-order valence-corrected chi connectivity index (χ4v) is 2.73. The first-order valence-electron chi connectivity index (χ1n) is 8.77. The molecule has 0 aliphatic carbocycles. The summed E-state index contributed by atoms with van der Waals surface area (Å²) in [6.07, 6.45) is 3.09. The van der Waals surface area contributed by atoms with Gasteiger partial charge in [0.05, 0.1) is 13.2 Å². The molecule has 0 spiro atoms. The molecule has 2 rings (SSSR count). The van der Waals surface area contributed by atoms with Gasteiger partial charge in [0.2, 0.25) is 5.95 Å². The second kappa shape index (κ2) is 10.2. The van der Waals surface area contributed by atoms with Crippen molar-refractivity contribution in [2.24, 2.45) is 0 Å². The molecule has 0 unspecified atom stereocenters. The Bertz CT molecular complexity index is 662.